The number of fused-ring (bicyclic) bond motifs is 2. The summed E-state index contributed by atoms with van der Waals surface area (Å²) in [5.74, 6) is 3.87. The second-order valence-corrected chi connectivity index (χ2v) is 7.04. The van der Waals surface area contributed by atoms with E-state index in [-0.39, 0.29) is 5.92 Å². The van der Waals surface area contributed by atoms with Crippen molar-refractivity contribution in [2.45, 2.75) is 53.9 Å². The molecule has 4 atom stereocenters. The van der Waals surface area contributed by atoms with E-state index in [9.17, 15) is 4.79 Å². The summed E-state index contributed by atoms with van der Waals surface area (Å²) in [4.78, 5) is 11.8. The number of hydrogen-bond acceptors (Lipinski definition) is 1. The molecule has 1 nitrogen and oxygen atoms in total. The number of carbonyl (C=O) groups is 1. The zero-order chi connectivity index (χ0) is 12.1. The molecule has 16 heavy (non-hydrogen) atoms. The highest BCUT2D eigenvalue weighted by Crippen LogP contribution is 2.63. The first kappa shape index (κ1) is 12.1. The Morgan fingerprint density at radius 1 is 1.31 bits per heavy atom. The molecule has 3 saturated carbocycles. The molecule has 0 aromatic heterocycles. The van der Waals surface area contributed by atoms with Gasteiger partial charge in [0.15, 0.2) is 0 Å². The molecule has 0 saturated heterocycles. The molecule has 0 N–H and O–H groups in total. The topological polar surface area (TPSA) is 17.1 Å². The molecular weight excluding hydrogens is 196 g/mol. The van der Waals surface area contributed by atoms with E-state index >= 15 is 0 Å². The number of ketones is 1. The average molecular weight is 222 g/mol. The molecule has 0 aliphatic heterocycles. The van der Waals surface area contributed by atoms with Gasteiger partial charge in [0.05, 0.1) is 0 Å². The maximum Gasteiger partial charge on any atom is 0.135 e. The predicted molar refractivity (Wildman–Crippen MR) is 67.1 cm³/mol. The Labute approximate surface area is 100.0 Å². The van der Waals surface area contributed by atoms with E-state index in [4.69, 9.17) is 0 Å². The van der Waals surface area contributed by atoms with E-state index in [0.717, 1.165) is 24.2 Å². The van der Waals surface area contributed by atoms with Gasteiger partial charge in [-0.2, -0.15) is 0 Å². The van der Waals surface area contributed by atoms with Crippen molar-refractivity contribution < 1.29 is 4.79 Å². The molecular formula is C15H26O. The van der Waals surface area contributed by atoms with Crippen LogP contribution in [-0.4, -0.2) is 5.78 Å². The molecule has 3 fully saturated rings. The zero-order valence-corrected chi connectivity index (χ0v) is 11.4. The molecule has 0 heterocycles. The van der Waals surface area contributed by atoms with Gasteiger partial charge in [0, 0.05) is 12.3 Å². The van der Waals surface area contributed by atoms with Gasteiger partial charge in [0.2, 0.25) is 0 Å². The largest absolute Gasteiger partial charge is 0.299 e. The van der Waals surface area contributed by atoms with Crippen LogP contribution in [0, 0.1) is 35.0 Å². The van der Waals surface area contributed by atoms with Crippen molar-refractivity contribution >= 4 is 5.78 Å². The third-order valence-electron chi connectivity index (χ3n) is 5.62. The van der Waals surface area contributed by atoms with Gasteiger partial charge in [-0.1, -0.05) is 34.6 Å². The van der Waals surface area contributed by atoms with Crippen molar-refractivity contribution in [2.24, 2.45) is 35.0 Å². The fraction of sp³-hybridized carbons (Fsp3) is 0.933. The van der Waals surface area contributed by atoms with Crippen LogP contribution >= 0.6 is 0 Å². The Hall–Kier alpha value is -0.330. The van der Waals surface area contributed by atoms with Crippen molar-refractivity contribution in [3.63, 3.8) is 0 Å². The van der Waals surface area contributed by atoms with Gasteiger partial charge in [-0.25, -0.2) is 0 Å². The quantitative estimate of drug-likeness (QED) is 0.707. The first-order valence-corrected chi connectivity index (χ1v) is 6.86. The SMILES string of the molecule is CC(C)C(=O)CC1CC2CC(C1C)C2(C)C. The number of Topliss-reactive ketones (excluding diaryl/α,β-unsaturated/α-hetero) is 1. The Morgan fingerprint density at radius 3 is 2.38 bits per heavy atom. The summed E-state index contributed by atoms with van der Waals surface area (Å²) < 4.78 is 0. The molecule has 2 bridgehead atoms. The molecule has 92 valence electrons. The van der Waals surface area contributed by atoms with Gasteiger partial charge in [-0.3, -0.25) is 4.79 Å². The molecule has 0 spiro atoms. The number of hydrogen-bond donors (Lipinski definition) is 0. The first-order chi connectivity index (χ1) is 7.34. The van der Waals surface area contributed by atoms with E-state index in [1.807, 2.05) is 13.8 Å². The highest BCUT2D eigenvalue weighted by Gasteiger charge is 2.56. The van der Waals surface area contributed by atoms with Crippen LogP contribution in [0.25, 0.3) is 0 Å². The second-order valence-electron chi connectivity index (χ2n) is 7.04. The zero-order valence-electron chi connectivity index (χ0n) is 11.4. The number of rotatable bonds is 3. The van der Waals surface area contributed by atoms with E-state index in [1.165, 1.54) is 12.8 Å². The summed E-state index contributed by atoms with van der Waals surface area (Å²) in [6.45, 7) is 11.3. The van der Waals surface area contributed by atoms with Crippen LogP contribution in [0.3, 0.4) is 0 Å². The van der Waals surface area contributed by atoms with Gasteiger partial charge < -0.3 is 0 Å². The van der Waals surface area contributed by atoms with Crippen LogP contribution in [0.1, 0.15) is 53.9 Å². The summed E-state index contributed by atoms with van der Waals surface area (Å²) >= 11 is 0. The van der Waals surface area contributed by atoms with Gasteiger partial charge in [0.25, 0.3) is 0 Å². The fourth-order valence-electron chi connectivity index (χ4n) is 4.02. The predicted octanol–water partition coefficient (Wildman–Crippen LogP) is 3.92. The summed E-state index contributed by atoms with van der Waals surface area (Å²) in [7, 11) is 0. The van der Waals surface area contributed by atoms with E-state index in [1.54, 1.807) is 0 Å². The molecule has 3 rings (SSSR count). The monoisotopic (exact) mass is 222 g/mol. The highest BCUT2D eigenvalue weighted by atomic mass is 16.1. The van der Waals surface area contributed by atoms with Crippen LogP contribution in [0.4, 0.5) is 0 Å². The lowest BCUT2D eigenvalue weighted by atomic mass is 9.43. The third kappa shape index (κ3) is 1.72. The molecule has 0 radical (unpaired) electrons. The van der Waals surface area contributed by atoms with Gasteiger partial charge in [-0.15, -0.1) is 0 Å². The molecule has 1 heteroatoms. The Kier molecular flexibility index (Phi) is 2.92. The second kappa shape index (κ2) is 3.85. The summed E-state index contributed by atoms with van der Waals surface area (Å²) in [5.41, 5.74) is 0.552. The smallest absolute Gasteiger partial charge is 0.135 e. The van der Waals surface area contributed by atoms with E-state index in [2.05, 4.69) is 20.8 Å². The van der Waals surface area contributed by atoms with Crippen LogP contribution in [-0.2, 0) is 4.79 Å². The lowest BCUT2D eigenvalue weighted by Gasteiger charge is -2.62. The van der Waals surface area contributed by atoms with Gasteiger partial charge in [0.1, 0.15) is 5.78 Å². The lowest BCUT2D eigenvalue weighted by Crippen LogP contribution is -2.55. The van der Waals surface area contributed by atoms with Crippen LogP contribution in [0.2, 0.25) is 0 Å². The van der Waals surface area contributed by atoms with Crippen molar-refractivity contribution in [2.75, 3.05) is 0 Å². The summed E-state index contributed by atoms with van der Waals surface area (Å²) in [6.07, 6.45) is 3.55. The minimum Gasteiger partial charge on any atom is -0.299 e. The maximum absolute atomic E-state index is 11.8. The van der Waals surface area contributed by atoms with Crippen molar-refractivity contribution in [3.05, 3.63) is 0 Å². The molecule has 0 amide bonds. The standard InChI is InChI=1S/C15H26O/c1-9(2)14(16)7-11-6-12-8-13(10(11)3)15(12,4)5/h9-13H,6-8H2,1-5H3. The fourth-order valence-corrected chi connectivity index (χ4v) is 4.02. The Morgan fingerprint density at radius 2 is 1.94 bits per heavy atom. The third-order valence-corrected chi connectivity index (χ3v) is 5.62. The number of carbonyl (C=O) groups excluding carboxylic acids is 1. The lowest BCUT2D eigenvalue weighted by molar-refractivity contribution is -0.141. The molecule has 4 unspecified atom stereocenters. The molecule has 0 aromatic rings. The van der Waals surface area contributed by atoms with Crippen molar-refractivity contribution in [1.29, 1.82) is 0 Å². The maximum atomic E-state index is 11.8. The summed E-state index contributed by atoms with van der Waals surface area (Å²) in [5, 5.41) is 0. The van der Waals surface area contributed by atoms with E-state index < -0.39 is 0 Å². The highest BCUT2D eigenvalue weighted by molar-refractivity contribution is 5.80. The van der Waals surface area contributed by atoms with Gasteiger partial charge >= 0.3 is 0 Å². The van der Waals surface area contributed by atoms with Crippen LogP contribution in [0.5, 0.6) is 0 Å². The first-order valence-electron chi connectivity index (χ1n) is 6.86. The van der Waals surface area contributed by atoms with Crippen LogP contribution in [0.15, 0.2) is 0 Å². The van der Waals surface area contributed by atoms with Crippen molar-refractivity contribution in [1.82, 2.24) is 0 Å². The van der Waals surface area contributed by atoms with E-state index in [0.29, 0.717) is 17.1 Å². The van der Waals surface area contributed by atoms with Gasteiger partial charge in [-0.05, 0) is 41.9 Å². The molecule has 0 aromatic carbocycles. The van der Waals surface area contributed by atoms with Crippen LogP contribution < -0.4 is 0 Å². The van der Waals surface area contributed by atoms with Crippen molar-refractivity contribution in [3.8, 4) is 0 Å². The normalized spacial score (nSPS) is 40.6. The summed E-state index contributed by atoms with van der Waals surface area (Å²) in [6, 6.07) is 0. The minimum absolute atomic E-state index is 0.221. The minimum atomic E-state index is 0.221. The average Bonchev–Trinajstić information content (AvgIpc) is 2.19. The molecule has 3 aliphatic carbocycles. The Balaban J connectivity index is 1.98. The molecule has 3 aliphatic rings. The Bertz CT molecular complexity index is 290.